The van der Waals surface area contributed by atoms with E-state index in [0.29, 0.717) is 12.5 Å². The molecule has 126 valence electrons. The fraction of sp³-hybridized carbons (Fsp3) is 0.400. The van der Waals surface area contributed by atoms with Gasteiger partial charge in [-0.1, -0.05) is 18.2 Å². The van der Waals surface area contributed by atoms with Crippen LogP contribution in [0.15, 0.2) is 42.6 Å². The Morgan fingerprint density at radius 2 is 2.00 bits per heavy atom. The van der Waals surface area contributed by atoms with Crippen molar-refractivity contribution < 1.29 is 4.79 Å². The summed E-state index contributed by atoms with van der Waals surface area (Å²) in [6, 6.07) is 12.2. The van der Waals surface area contributed by atoms with Crippen molar-refractivity contribution in [2.45, 2.75) is 32.6 Å². The van der Waals surface area contributed by atoms with Crippen LogP contribution in [-0.2, 0) is 4.79 Å². The molecular formula is C20H25N3O. The topological polar surface area (TPSA) is 45.2 Å². The van der Waals surface area contributed by atoms with Gasteiger partial charge in [0.05, 0.1) is 6.54 Å². The van der Waals surface area contributed by atoms with Crippen LogP contribution in [0.25, 0.3) is 0 Å². The normalized spacial score (nSPS) is 16.1. The van der Waals surface area contributed by atoms with Crippen LogP contribution in [0.3, 0.4) is 0 Å². The number of hydrogen-bond donors (Lipinski definition) is 1. The molecule has 4 nitrogen and oxygen atoms in total. The van der Waals surface area contributed by atoms with E-state index >= 15 is 0 Å². The number of hydrogen-bond acceptors (Lipinski definition) is 3. The number of likely N-dealkylation sites (tertiary alicyclic amines) is 1. The average molecular weight is 323 g/mol. The molecule has 1 aromatic carbocycles. The third kappa shape index (κ3) is 4.20. The summed E-state index contributed by atoms with van der Waals surface area (Å²) >= 11 is 0. The molecule has 0 saturated carbocycles. The summed E-state index contributed by atoms with van der Waals surface area (Å²) < 4.78 is 0. The number of aryl methyl sites for hydroxylation is 2. The van der Waals surface area contributed by atoms with Gasteiger partial charge in [0.25, 0.3) is 0 Å². The van der Waals surface area contributed by atoms with E-state index in [4.69, 9.17) is 0 Å². The van der Waals surface area contributed by atoms with Gasteiger partial charge in [-0.05, 0) is 69.1 Å². The molecule has 24 heavy (non-hydrogen) atoms. The number of nitrogens with zero attached hydrogens (tertiary/aromatic N) is 2. The highest BCUT2D eigenvalue weighted by atomic mass is 16.2. The molecule has 3 rings (SSSR count). The van der Waals surface area contributed by atoms with Crippen molar-refractivity contribution in [1.82, 2.24) is 9.88 Å². The Hall–Kier alpha value is -2.20. The molecule has 2 aromatic rings. The number of pyridine rings is 1. The predicted octanol–water partition coefficient (Wildman–Crippen LogP) is 3.52. The van der Waals surface area contributed by atoms with Crippen LogP contribution in [0.4, 0.5) is 5.69 Å². The van der Waals surface area contributed by atoms with Gasteiger partial charge in [-0.2, -0.15) is 0 Å². The molecule has 4 heteroatoms. The second kappa shape index (κ2) is 7.58. The monoisotopic (exact) mass is 323 g/mol. The van der Waals surface area contributed by atoms with Crippen LogP contribution in [-0.4, -0.2) is 35.4 Å². The van der Waals surface area contributed by atoms with Crippen molar-refractivity contribution in [3.05, 3.63) is 59.4 Å². The molecule has 2 heterocycles. The van der Waals surface area contributed by atoms with E-state index in [2.05, 4.69) is 27.3 Å². The molecule has 0 radical (unpaired) electrons. The van der Waals surface area contributed by atoms with Crippen LogP contribution in [0, 0.1) is 13.8 Å². The van der Waals surface area contributed by atoms with Crippen molar-refractivity contribution in [3.63, 3.8) is 0 Å². The number of aromatic nitrogens is 1. The van der Waals surface area contributed by atoms with E-state index in [9.17, 15) is 4.79 Å². The maximum absolute atomic E-state index is 12.3. The first kappa shape index (κ1) is 16.7. The molecule has 1 aliphatic heterocycles. The van der Waals surface area contributed by atoms with Gasteiger partial charge in [0, 0.05) is 23.5 Å². The molecule has 1 aromatic heterocycles. The molecule has 1 N–H and O–H groups in total. The van der Waals surface area contributed by atoms with Gasteiger partial charge in [-0.15, -0.1) is 0 Å². The Morgan fingerprint density at radius 3 is 2.71 bits per heavy atom. The summed E-state index contributed by atoms with van der Waals surface area (Å²) in [7, 11) is 0. The summed E-state index contributed by atoms with van der Waals surface area (Å²) in [4.78, 5) is 19.0. The first-order valence-electron chi connectivity index (χ1n) is 8.62. The van der Waals surface area contributed by atoms with Crippen LogP contribution in [0.1, 0.15) is 35.6 Å². The Labute approximate surface area is 143 Å². The van der Waals surface area contributed by atoms with E-state index in [0.717, 1.165) is 42.7 Å². The second-order valence-corrected chi connectivity index (χ2v) is 6.67. The molecule has 1 aliphatic rings. The van der Waals surface area contributed by atoms with Crippen molar-refractivity contribution in [1.29, 1.82) is 0 Å². The fourth-order valence-electron chi connectivity index (χ4n) is 3.27. The fourth-order valence-corrected chi connectivity index (χ4v) is 3.27. The zero-order chi connectivity index (χ0) is 16.9. The Morgan fingerprint density at radius 1 is 1.21 bits per heavy atom. The van der Waals surface area contributed by atoms with Gasteiger partial charge in [0.2, 0.25) is 5.91 Å². The van der Waals surface area contributed by atoms with Gasteiger partial charge < -0.3 is 5.32 Å². The summed E-state index contributed by atoms with van der Waals surface area (Å²) in [6.45, 7) is 6.41. The molecule has 0 spiro atoms. The largest absolute Gasteiger partial charge is 0.325 e. The smallest absolute Gasteiger partial charge is 0.238 e. The van der Waals surface area contributed by atoms with Crippen LogP contribution in [0.2, 0.25) is 0 Å². The lowest BCUT2D eigenvalue weighted by Gasteiger charge is -2.31. The van der Waals surface area contributed by atoms with E-state index in [1.165, 1.54) is 5.69 Å². The Kier molecular flexibility index (Phi) is 5.26. The SMILES string of the molecule is Cc1ccc(C)c(NC(=O)CN2CCC(c3ccccn3)CC2)c1. The van der Waals surface area contributed by atoms with Crippen molar-refractivity contribution >= 4 is 11.6 Å². The van der Waals surface area contributed by atoms with Gasteiger partial charge in [-0.3, -0.25) is 14.7 Å². The summed E-state index contributed by atoms with van der Waals surface area (Å²) in [6.07, 6.45) is 3.99. The van der Waals surface area contributed by atoms with E-state index in [1.54, 1.807) is 0 Å². The minimum absolute atomic E-state index is 0.0694. The molecule has 0 aliphatic carbocycles. The second-order valence-electron chi connectivity index (χ2n) is 6.67. The van der Waals surface area contributed by atoms with E-state index in [-0.39, 0.29) is 5.91 Å². The number of amides is 1. The molecule has 1 fully saturated rings. The van der Waals surface area contributed by atoms with Gasteiger partial charge in [0.1, 0.15) is 0 Å². The minimum Gasteiger partial charge on any atom is -0.325 e. The summed E-state index contributed by atoms with van der Waals surface area (Å²) in [5, 5.41) is 3.05. The van der Waals surface area contributed by atoms with Crippen molar-refractivity contribution in [2.24, 2.45) is 0 Å². The number of anilines is 1. The lowest BCUT2D eigenvalue weighted by Crippen LogP contribution is -2.38. The quantitative estimate of drug-likeness (QED) is 0.936. The highest BCUT2D eigenvalue weighted by Crippen LogP contribution is 2.26. The molecular weight excluding hydrogens is 298 g/mol. The number of benzene rings is 1. The molecule has 0 unspecified atom stereocenters. The molecule has 1 saturated heterocycles. The minimum atomic E-state index is 0.0694. The molecule has 0 bridgehead atoms. The molecule has 1 amide bonds. The zero-order valence-corrected chi connectivity index (χ0v) is 14.5. The lowest BCUT2D eigenvalue weighted by molar-refractivity contribution is -0.117. The number of piperidine rings is 1. The summed E-state index contributed by atoms with van der Waals surface area (Å²) in [5.41, 5.74) is 4.36. The highest BCUT2D eigenvalue weighted by molar-refractivity contribution is 5.93. The van der Waals surface area contributed by atoms with Crippen LogP contribution in [0.5, 0.6) is 0 Å². The summed E-state index contributed by atoms with van der Waals surface area (Å²) in [5.74, 6) is 0.588. The van der Waals surface area contributed by atoms with E-state index < -0.39 is 0 Å². The van der Waals surface area contributed by atoms with Gasteiger partial charge >= 0.3 is 0 Å². The first-order valence-corrected chi connectivity index (χ1v) is 8.62. The average Bonchev–Trinajstić information content (AvgIpc) is 2.59. The maximum Gasteiger partial charge on any atom is 0.238 e. The standard InChI is InChI=1S/C20H25N3O/c1-15-6-7-16(2)19(13-15)22-20(24)14-23-11-8-17(9-12-23)18-5-3-4-10-21-18/h3-7,10,13,17H,8-9,11-12,14H2,1-2H3,(H,22,24). The number of nitrogens with one attached hydrogen (secondary N) is 1. The number of carbonyl (C=O) groups excluding carboxylic acids is 1. The van der Waals surface area contributed by atoms with Gasteiger partial charge in [-0.25, -0.2) is 0 Å². The number of rotatable bonds is 4. The lowest BCUT2D eigenvalue weighted by atomic mass is 9.93. The third-order valence-electron chi connectivity index (χ3n) is 4.73. The zero-order valence-electron chi connectivity index (χ0n) is 14.5. The van der Waals surface area contributed by atoms with Crippen molar-refractivity contribution in [2.75, 3.05) is 25.0 Å². The Balaban J connectivity index is 1.51. The maximum atomic E-state index is 12.3. The van der Waals surface area contributed by atoms with E-state index in [1.807, 2.05) is 44.3 Å². The highest BCUT2D eigenvalue weighted by Gasteiger charge is 2.22. The van der Waals surface area contributed by atoms with Crippen LogP contribution < -0.4 is 5.32 Å². The van der Waals surface area contributed by atoms with Gasteiger partial charge in [0.15, 0.2) is 0 Å². The van der Waals surface area contributed by atoms with Crippen LogP contribution >= 0.6 is 0 Å². The predicted molar refractivity (Wildman–Crippen MR) is 97.2 cm³/mol. The Bertz CT molecular complexity index is 691. The third-order valence-corrected chi connectivity index (χ3v) is 4.73. The van der Waals surface area contributed by atoms with Crippen molar-refractivity contribution in [3.8, 4) is 0 Å². The number of carbonyl (C=O) groups is 1. The first-order chi connectivity index (χ1) is 11.6. The molecule has 0 atom stereocenters.